The summed E-state index contributed by atoms with van der Waals surface area (Å²) < 4.78 is 21.4. The van der Waals surface area contributed by atoms with Crippen LogP contribution in [-0.2, 0) is 15.5 Å². The van der Waals surface area contributed by atoms with Crippen LogP contribution >= 0.6 is 0 Å². The van der Waals surface area contributed by atoms with E-state index in [1.165, 1.54) is 13.0 Å². The van der Waals surface area contributed by atoms with Gasteiger partial charge in [-0.3, -0.25) is 4.79 Å². The molecule has 1 rings (SSSR count). The summed E-state index contributed by atoms with van der Waals surface area (Å²) in [5.74, 6) is -0.288. The van der Waals surface area contributed by atoms with Crippen LogP contribution in [0.15, 0.2) is 29.2 Å². The SMILES string of the molecule is CC(=O)Nc1ccccc1[SH](=O)=O.[NaH]. The van der Waals surface area contributed by atoms with E-state index in [4.69, 9.17) is 0 Å². The molecule has 72 valence electrons. The summed E-state index contributed by atoms with van der Waals surface area (Å²) >= 11 is 0. The van der Waals surface area contributed by atoms with Gasteiger partial charge in [-0.05, 0) is 12.1 Å². The first kappa shape index (κ1) is 13.6. The minimum atomic E-state index is -2.66. The first-order valence-electron chi connectivity index (χ1n) is 3.62. The van der Waals surface area contributed by atoms with Crippen LogP contribution in [0, 0.1) is 0 Å². The van der Waals surface area contributed by atoms with Gasteiger partial charge in [0.05, 0.1) is 10.6 Å². The molecular formula is C8H10NNaO3S. The Bertz CT molecular complexity index is 395. The Balaban J connectivity index is 0.00000169. The number of thiol groups is 1. The third kappa shape index (κ3) is 3.79. The summed E-state index contributed by atoms with van der Waals surface area (Å²) in [4.78, 5) is 10.8. The maximum atomic E-state index is 10.7. The number of hydrogen-bond donors (Lipinski definition) is 2. The predicted molar refractivity (Wildman–Crippen MR) is 56.5 cm³/mol. The fourth-order valence-electron chi connectivity index (χ4n) is 0.928. The molecule has 0 saturated carbocycles. The first-order valence-corrected chi connectivity index (χ1v) is 4.80. The molecular weight excluding hydrogens is 213 g/mol. The first-order chi connectivity index (χ1) is 6.11. The summed E-state index contributed by atoms with van der Waals surface area (Å²) in [5, 5.41) is 2.43. The van der Waals surface area contributed by atoms with E-state index in [0.717, 1.165) is 0 Å². The van der Waals surface area contributed by atoms with Gasteiger partial charge in [-0.1, -0.05) is 12.1 Å². The van der Waals surface area contributed by atoms with E-state index in [1.807, 2.05) is 0 Å². The third-order valence-electron chi connectivity index (χ3n) is 1.41. The van der Waals surface area contributed by atoms with Gasteiger partial charge in [0.15, 0.2) is 10.7 Å². The van der Waals surface area contributed by atoms with E-state index in [-0.39, 0.29) is 40.4 Å². The van der Waals surface area contributed by atoms with Gasteiger partial charge in [0.2, 0.25) is 5.91 Å². The average molecular weight is 223 g/mol. The molecule has 1 N–H and O–H groups in total. The second-order valence-electron chi connectivity index (χ2n) is 2.46. The molecule has 0 bridgehead atoms. The van der Waals surface area contributed by atoms with Crippen LogP contribution in [0.1, 0.15) is 6.92 Å². The Kier molecular flexibility index (Phi) is 6.03. The van der Waals surface area contributed by atoms with Crippen molar-refractivity contribution in [3.8, 4) is 0 Å². The van der Waals surface area contributed by atoms with Crippen molar-refractivity contribution < 1.29 is 13.2 Å². The molecule has 0 radical (unpaired) electrons. The van der Waals surface area contributed by atoms with E-state index in [0.29, 0.717) is 5.69 Å². The number of para-hydroxylation sites is 1. The molecule has 0 atom stereocenters. The van der Waals surface area contributed by atoms with Crippen molar-refractivity contribution in [2.24, 2.45) is 0 Å². The normalized spacial score (nSPS) is 9.29. The van der Waals surface area contributed by atoms with Crippen LogP contribution in [0.2, 0.25) is 0 Å². The van der Waals surface area contributed by atoms with Gasteiger partial charge in [0, 0.05) is 6.92 Å². The van der Waals surface area contributed by atoms with Crippen molar-refractivity contribution in [1.82, 2.24) is 0 Å². The second kappa shape index (κ2) is 6.19. The van der Waals surface area contributed by atoms with Gasteiger partial charge < -0.3 is 5.32 Å². The molecule has 0 unspecified atom stereocenters. The third-order valence-corrected chi connectivity index (χ3v) is 2.19. The number of rotatable bonds is 2. The number of hydrogen-bond acceptors (Lipinski definition) is 3. The Morgan fingerprint density at radius 3 is 2.36 bits per heavy atom. The van der Waals surface area contributed by atoms with E-state index < -0.39 is 10.7 Å². The van der Waals surface area contributed by atoms with Gasteiger partial charge in [-0.2, -0.15) is 0 Å². The van der Waals surface area contributed by atoms with Gasteiger partial charge in [0.1, 0.15) is 0 Å². The van der Waals surface area contributed by atoms with Crippen molar-refractivity contribution >= 4 is 51.9 Å². The van der Waals surface area contributed by atoms with Gasteiger partial charge in [-0.25, -0.2) is 8.42 Å². The standard InChI is InChI=1S/C8H9NO3S.Na.H/c1-6(10)9-7-4-2-3-5-8(7)13(11)12;;/h2-5,13H,1H3,(H,9,10);;. The Morgan fingerprint density at radius 2 is 1.86 bits per heavy atom. The molecule has 14 heavy (non-hydrogen) atoms. The van der Waals surface area contributed by atoms with Crippen molar-refractivity contribution in [1.29, 1.82) is 0 Å². The zero-order valence-corrected chi connectivity index (χ0v) is 7.88. The number of nitrogens with one attached hydrogen (secondary N) is 1. The molecule has 1 amide bonds. The van der Waals surface area contributed by atoms with Gasteiger partial charge >= 0.3 is 29.6 Å². The number of amides is 1. The second-order valence-corrected chi connectivity index (χ2v) is 3.45. The predicted octanol–water partition coefficient (Wildman–Crippen LogP) is -0.0332. The molecule has 0 aromatic heterocycles. The molecule has 0 fully saturated rings. The van der Waals surface area contributed by atoms with E-state index in [9.17, 15) is 13.2 Å². The molecule has 0 aliphatic heterocycles. The zero-order valence-electron chi connectivity index (χ0n) is 6.98. The average Bonchev–Trinajstić information content (AvgIpc) is 2.03. The molecule has 6 heteroatoms. The summed E-state index contributed by atoms with van der Waals surface area (Å²) in [6.07, 6.45) is 0. The van der Waals surface area contributed by atoms with Crippen LogP contribution < -0.4 is 5.32 Å². The van der Waals surface area contributed by atoms with Crippen LogP contribution in [0.5, 0.6) is 0 Å². The van der Waals surface area contributed by atoms with E-state index in [2.05, 4.69) is 5.32 Å². The molecule has 1 aromatic rings. The summed E-state index contributed by atoms with van der Waals surface area (Å²) in [6.45, 7) is 1.33. The topological polar surface area (TPSA) is 63.2 Å². The summed E-state index contributed by atoms with van der Waals surface area (Å²) in [5.41, 5.74) is 0.325. The minimum absolute atomic E-state index is 0. The molecule has 0 saturated heterocycles. The Labute approximate surface area is 106 Å². The van der Waals surface area contributed by atoms with Crippen molar-refractivity contribution in [2.75, 3.05) is 5.32 Å². The molecule has 0 aliphatic rings. The molecule has 0 spiro atoms. The number of carbonyl (C=O) groups excluding carboxylic acids is 1. The molecule has 0 heterocycles. The Hall–Kier alpha value is -0.360. The summed E-state index contributed by atoms with van der Waals surface area (Å²) in [7, 11) is -2.66. The zero-order chi connectivity index (χ0) is 9.84. The fourth-order valence-corrected chi connectivity index (χ4v) is 1.46. The maximum absolute atomic E-state index is 10.7. The summed E-state index contributed by atoms with van der Waals surface area (Å²) in [6, 6.07) is 6.25. The van der Waals surface area contributed by atoms with Crippen molar-refractivity contribution in [3.05, 3.63) is 24.3 Å². The van der Waals surface area contributed by atoms with Crippen LogP contribution in [0.25, 0.3) is 0 Å². The van der Waals surface area contributed by atoms with Crippen molar-refractivity contribution in [3.63, 3.8) is 0 Å². The Morgan fingerprint density at radius 1 is 1.29 bits per heavy atom. The van der Waals surface area contributed by atoms with E-state index >= 15 is 0 Å². The van der Waals surface area contributed by atoms with Crippen LogP contribution in [-0.4, -0.2) is 43.9 Å². The number of benzene rings is 1. The monoisotopic (exact) mass is 223 g/mol. The quantitative estimate of drug-likeness (QED) is 0.546. The number of carbonyl (C=O) groups is 1. The van der Waals surface area contributed by atoms with Crippen LogP contribution in [0.3, 0.4) is 0 Å². The van der Waals surface area contributed by atoms with Crippen molar-refractivity contribution in [2.45, 2.75) is 11.8 Å². The number of anilines is 1. The fraction of sp³-hybridized carbons (Fsp3) is 0.125. The van der Waals surface area contributed by atoms with Gasteiger partial charge in [0.25, 0.3) is 0 Å². The van der Waals surface area contributed by atoms with Crippen LogP contribution in [0.4, 0.5) is 5.69 Å². The molecule has 1 aromatic carbocycles. The molecule has 4 nitrogen and oxygen atoms in total. The molecule has 0 aliphatic carbocycles. The van der Waals surface area contributed by atoms with Gasteiger partial charge in [-0.15, -0.1) is 0 Å². The van der Waals surface area contributed by atoms with E-state index in [1.54, 1.807) is 18.2 Å².